The molecular weight excluding hydrogens is 474 g/mol. The molecule has 2 saturated heterocycles. The third kappa shape index (κ3) is 4.48. The fraction of sp³-hybridized carbons (Fsp3) is 0.375. The molecule has 0 radical (unpaired) electrons. The van der Waals surface area contributed by atoms with Crippen LogP contribution in [0.4, 0.5) is 5.69 Å². The molecule has 3 aliphatic rings. The summed E-state index contributed by atoms with van der Waals surface area (Å²) in [4.78, 5) is 39.7. The van der Waals surface area contributed by atoms with Crippen LogP contribution in [0.1, 0.15) is 29.6 Å². The summed E-state index contributed by atoms with van der Waals surface area (Å²) < 4.78 is 38.9. The van der Waals surface area contributed by atoms with Gasteiger partial charge in [-0.2, -0.15) is 4.31 Å². The summed E-state index contributed by atoms with van der Waals surface area (Å²) in [5.74, 6) is 0.211. The minimum absolute atomic E-state index is 0.128. The van der Waals surface area contributed by atoms with Crippen molar-refractivity contribution < 1.29 is 32.3 Å². The highest BCUT2D eigenvalue weighted by atomic mass is 32.2. The number of amides is 3. The lowest BCUT2D eigenvalue weighted by atomic mass is 10.1. The number of fused-ring (bicyclic) bond motifs is 1. The number of ether oxygens (including phenoxy) is 2. The van der Waals surface area contributed by atoms with E-state index < -0.39 is 10.0 Å². The van der Waals surface area contributed by atoms with Crippen molar-refractivity contribution in [3.8, 4) is 11.5 Å². The third-order valence-corrected chi connectivity index (χ3v) is 8.20. The molecule has 5 rings (SSSR count). The van der Waals surface area contributed by atoms with Gasteiger partial charge in [0.1, 0.15) is 0 Å². The van der Waals surface area contributed by atoms with Crippen LogP contribution in [0.15, 0.2) is 47.4 Å². The molecule has 2 fully saturated rings. The van der Waals surface area contributed by atoms with Crippen molar-refractivity contribution in [1.29, 1.82) is 0 Å². The normalized spacial score (nSPS) is 19.1. The number of anilines is 1. The zero-order valence-electron chi connectivity index (χ0n) is 19.0. The van der Waals surface area contributed by atoms with Gasteiger partial charge in [0.15, 0.2) is 11.5 Å². The molecule has 0 N–H and O–H groups in total. The third-order valence-electron chi connectivity index (χ3n) is 6.31. The van der Waals surface area contributed by atoms with E-state index in [2.05, 4.69) is 0 Å². The lowest BCUT2D eigenvalue weighted by Crippen LogP contribution is -2.50. The number of piperazine rings is 1. The fourth-order valence-corrected chi connectivity index (χ4v) is 5.82. The standard InChI is InChI=1S/C24H25N3O7S/c28-22-8-9-23(29)27(22)18-4-2-17(3-5-18)24(30)25-10-12-26(13-11-25)35(31,32)19-6-7-20-21(16-19)34-15-1-14-33-20/h2-7,16H,1,8-15H2. The lowest BCUT2D eigenvalue weighted by molar-refractivity contribution is -0.121. The van der Waals surface area contributed by atoms with Crippen molar-refractivity contribution in [2.24, 2.45) is 0 Å². The molecule has 35 heavy (non-hydrogen) atoms. The Morgan fingerprint density at radius 2 is 1.43 bits per heavy atom. The topological polar surface area (TPSA) is 114 Å². The molecular formula is C24H25N3O7S. The first-order chi connectivity index (χ1) is 16.8. The van der Waals surface area contributed by atoms with Crippen LogP contribution in [0.2, 0.25) is 0 Å². The van der Waals surface area contributed by atoms with E-state index in [0.29, 0.717) is 36.0 Å². The van der Waals surface area contributed by atoms with Crippen LogP contribution in [0.5, 0.6) is 11.5 Å². The second kappa shape index (κ2) is 9.31. The second-order valence-corrected chi connectivity index (χ2v) is 10.5. The molecule has 2 aromatic carbocycles. The Morgan fingerprint density at radius 3 is 2.09 bits per heavy atom. The van der Waals surface area contributed by atoms with Gasteiger partial charge in [-0.25, -0.2) is 8.42 Å². The van der Waals surface area contributed by atoms with Crippen molar-refractivity contribution >= 4 is 33.4 Å². The average molecular weight is 500 g/mol. The van der Waals surface area contributed by atoms with E-state index >= 15 is 0 Å². The van der Waals surface area contributed by atoms with Crippen molar-refractivity contribution in [3.05, 3.63) is 48.0 Å². The summed E-state index contributed by atoms with van der Waals surface area (Å²) >= 11 is 0. The molecule has 2 aromatic rings. The Kier molecular flexibility index (Phi) is 6.20. The Hall–Kier alpha value is -3.44. The summed E-state index contributed by atoms with van der Waals surface area (Å²) in [6.45, 7) is 1.80. The molecule has 0 bridgehead atoms. The van der Waals surface area contributed by atoms with Gasteiger partial charge in [-0.1, -0.05) is 0 Å². The quantitative estimate of drug-likeness (QED) is 0.588. The van der Waals surface area contributed by atoms with Crippen LogP contribution in [-0.4, -0.2) is 74.7 Å². The van der Waals surface area contributed by atoms with E-state index in [1.807, 2.05) is 0 Å². The van der Waals surface area contributed by atoms with Gasteiger partial charge in [0, 0.05) is 57.1 Å². The number of carbonyl (C=O) groups is 3. The highest BCUT2D eigenvalue weighted by Gasteiger charge is 2.32. The van der Waals surface area contributed by atoms with E-state index in [9.17, 15) is 22.8 Å². The van der Waals surface area contributed by atoms with Crippen LogP contribution >= 0.6 is 0 Å². The molecule has 11 heteroatoms. The number of hydrogen-bond acceptors (Lipinski definition) is 7. The average Bonchev–Trinajstić information content (AvgIpc) is 3.06. The first-order valence-corrected chi connectivity index (χ1v) is 12.9. The van der Waals surface area contributed by atoms with Crippen molar-refractivity contribution in [3.63, 3.8) is 0 Å². The molecule has 0 aromatic heterocycles. The molecule has 0 unspecified atom stereocenters. The van der Waals surface area contributed by atoms with Crippen LogP contribution < -0.4 is 14.4 Å². The predicted molar refractivity (Wildman–Crippen MR) is 125 cm³/mol. The van der Waals surface area contributed by atoms with E-state index in [1.54, 1.807) is 35.2 Å². The van der Waals surface area contributed by atoms with E-state index in [4.69, 9.17) is 9.47 Å². The molecule has 3 amide bonds. The van der Waals surface area contributed by atoms with Crippen molar-refractivity contribution in [2.75, 3.05) is 44.3 Å². The van der Waals surface area contributed by atoms with E-state index in [0.717, 1.165) is 11.3 Å². The molecule has 3 heterocycles. The SMILES string of the molecule is O=C(c1ccc(N2C(=O)CCC2=O)cc1)N1CCN(S(=O)(=O)c2ccc3c(c2)OCCCO3)CC1. The van der Waals surface area contributed by atoms with Crippen LogP contribution in [0.3, 0.4) is 0 Å². The molecule has 10 nitrogen and oxygen atoms in total. The van der Waals surface area contributed by atoms with Crippen molar-refractivity contribution in [2.45, 2.75) is 24.2 Å². The van der Waals surface area contributed by atoms with Crippen LogP contribution in [-0.2, 0) is 19.6 Å². The summed E-state index contributed by atoms with van der Waals surface area (Å²) in [6, 6.07) is 10.9. The maximum absolute atomic E-state index is 13.2. The highest BCUT2D eigenvalue weighted by Crippen LogP contribution is 2.33. The van der Waals surface area contributed by atoms with E-state index in [-0.39, 0.29) is 61.6 Å². The smallest absolute Gasteiger partial charge is 0.253 e. The van der Waals surface area contributed by atoms with Crippen molar-refractivity contribution in [1.82, 2.24) is 9.21 Å². The molecule has 0 aliphatic carbocycles. The molecule has 0 spiro atoms. The van der Waals surface area contributed by atoms with Gasteiger partial charge in [-0.3, -0.25) is 19.3 Å². The highest BCUT2D eigenvalue weighted by molar-refractivity contribution is 7.89. The summed E-state index contributed by atoms with van der Waals surface area (Å²) in [7, 11) is -3.76. The van der Waals surface area contributed by atoms with Gasteiger partial charge in [-0.15, -0.1) is 0 Å². The summed E-state index contributed by atoms with van der Waals surface area (Å²) in [5.41, 5.74) is 0.854. The van der Waals surface area contributed by atoms with Gasteiger partial charge in [0.25, 0.3) is 5.91 Å². The second-order valence-electron chi connectivity index (χ2n) is 8.53. The van der Waals surface area contributed by atoms with Crippen LogP contribution in [0.25, 0.3) is 0 Å². The largest absolute Gasteiger partial charge is 0.490 e. The Morgan fingerprint density at radius 1 is 0.800 bits per heavy atom. The zero-order chi connectivity index (χ0) is 24.6. The van der Waals surface area contributed by atoms with Gasteiger partial charge >= 0.3 is 0 Å². The Balaban J connectivity index is 1.24. The van der Waals surface area contributed by atoms with Gasteiger partial charge in [0.05, 0.1) is 23.8 Å². The number of hydrogen-bond donors (Lipinski definition) is 0. The molecule has 3 aliphatic heterocycles. The fourth-order valence-electron chi connectivity index (χ4n) is 4.38. The first-order valence-electron chi connectivity index (χ1n) is 11.5. The number of nitrogens with zero attached hydrogens (tertiary/aromatic N) is 3. The number of rotatable bonds is 4. The number of carbonyl (C=O) groups excluding carboxylic acids is 3. The van der Waals surface area contributed by atoms with E-state index in [1.165, 1.54) is 16.4 Å². The predicted octanol–water partition coefficient (Wildman–Crippen LogP) is 1.65. The minimum atomic E-state index is -3.76. The first kappa shape index (κ1) is 23.3. The van der Waals surface area contributed by atoms with Crippen LogP contribution in [0, 0.1) is 0 Å². The Bertz CT molecular complexity index is 1250. The molecule has 0 saturated carbocycles. The minimum Gasteiger partial charge on any atom is -0.490 e. The van der Waals surface area contributed by atoms with Gasteiger partial charge < -0.3 is 14.4 Å². The maximum atomic E-state index is 13.2. The number of imide groups is 1. The maximum Gasteiger partial charge on any atom is 0.253 e. The lowest BCUT2D eigenvalue weighted by Gasteiger charge is -2.34. The number of benzene rings is 2. The van der Waals surface area contributed by atoms with Gasteiger partial charge in [0.2, 0.25) is 21.8 Å². The zero-order valence-corrected chi connectivity index (χ0v) is 19.8. The monoisotopic (exact) mass is 499 g/mol. The molecule has 0 atom stereocenters. The molecule has 184 valence electrons. The summed E-state index contributed by atoms with van der Waals surface area (Å²) in [6.07, 6.45) is 1.11. The Labute approximate surface area is 203 Å². The number of sulfonamides is 1. The van der Waals surface area contributed by atoms with Gasteiger partial charge in [-0.05, 0) is 36.4 Å². The summed E-state index contributed by atoms with van der Waals surface area (Å²) in [5, 5.41) is 0.